The average Bonchev–Trinajstić information content (AvgIpc) is 2.27. The van der Waals surface area contributed by atoms with Crippen LogP contribution >= 0.6 is 22.6 Å². The van der Waals surface area contributed by atoms with Crippen LogP contribution in [0.25, 0.3) is 0 Å². The van der Waals surface area contributed by atoms with Gasteiger partial charge in [-0.25, -0.2) is 0 Å². The summed E-state index contributed by atoms with van der Waals surface area (Å²) in [6.07, 6.45) is 0.0934. The van der Waals surface area contributed by atoms with Gasteiger partial charge in [-0.1, -0.05) is 0 Å². The summed E-state index contributed by atoms with van der Waals surface area (Å²) in [6.45, 7) is 5.93. The molecule has 4 nitrogen and oxygen atoms in total. The molecule has 0 saturated heterocycles. The molecule has 0 aliphatic carbocycles. The lowest BCUT2D eigenvalue weighted by Crippen LogP contribution is -2.19. The Labute approximate surface area is 121 Å². The average molecular weight is 363 g/mol. The maximum Gasteiger partial charge on any atom is 0.217 e. The summed E-state index contributed by atoms with van der Waals surface area (Å²) in [5, 5.41) is 2.77. The summed E-state index contributed by atoms with van der Waals surface area (Å²) in [7, 11) is 1.61. The van der Waals surface area contributed by atoms with Crippen LogP contribution in [0.15, 0.2) is 12.1 Å². The minimum atomic E-state index is -0.0488. The molecule has 0 aliphatic rings. The lowest BCUT2D eigenvalue weighted by molar-refractivity contribution is -0.119. The molecule has 0 spiro atoms. The molecule has 1 N–H and O–H groups in total. The van der Waals surface area contributed by atoms with E-state index >= 15 is 0 Å². The van der Waals surface area contributed by atoms with Crippen LogP contribution in [-0.2, 0) is 11.3 Å². The molecule has 1 amide bonds. The Morgan fingerprint density at radius 2 is 2.06 bits per heavy atom. The molecule has 1 aromatic carbocycles. The Morgan fingerprint density at radius 1 is 1.39 bits per heavy atom. The predicted molar refractivity (Wildman–Crippen MR) is 79.0 cm³/mol. The fraction of sp³-hybridized carbons (Fsp3) is 0.462. The van der Waals surface area contributed by atoms with Crippen LogP contribution < -0.4 is 14.8 Å². The van der Waals surface area contributed by atoms with Crippen LogP contribution in [0.1, 0.15) is 26.3 Å². The van der Waals surface area contributed by atoms with E-state index in [4.69, 9.17) is 9.47 Å². The molecule has 0 radical (unpaired) electrons. The second kappa shape index (κ2) is 6.82. The largest absolute Gasteiger partial charge is 0.493 e. The summed E-state index contributed by atoms with van der Waals surface area (Å²) >= 11 is 2.23. The fourth-order valence-corrected chi connectivity index (χ4v) is 2.07. The lowest BCUT2D eigenvalue weighted by atomic mass is 10.2. The molecule has 100 valence electrons. The van der Waals surface area contributed by atoms with Gasteiger partial charge in [-0.2, -0.15) is 0 Å². The van der Waals surface area contributed by atoms with E-state index in [1.165, 1.54) is 6.92 Å². The number of nitrogens with one attached hydrogen (secondary N) is 1. The van der Waals surface area contributed by atoms with E-state index in [0.717, 1.165) is 14.9 Å². The molecular weight excluding hydrogens is 345 g/mol. The quantitative estimate of drug-likeness (QED) is 0.819. The number of carbonyl (C=O) groups excluding carboxylic acids is 1. The number of hydrogen-bond donors (Lipinski definition) is 1. The van der Waals surface area contributed by atoms with Crippen LogP contribution in [0.2, 0.25) is 0 Å². The first kappa shape index (κ1) is 15.1. The molecule has 0 saturated carbocycles. The standard InChI is InChI=1S/C13H18INO3/c1-8(2)18-13-6-11(14)10(5-12(13)17-4)7-15-9(3)16/h5-6,8H,7H2,1-4H3,(H,15,16). The zero-order chi connectivity index (χ0) is 13.7. The summed E-state index contributed by atoms with van der Waals surface area (Å²) in [4.78, 5) is 10.9. The van der Waals surface area contributed by atoms with Gasteiger partial charge in [0.25, 0.3) is 0 Å². The number of amides is 1. The zero-order valence-corrected chi connectivity index (χ0v) is 13.2. The van der Waals surface area contributed by atoms with E-state index < -0.39 is 0 Å². The third kappa shape index (κ3) is 4.36. The highest BCUT2D eigenvalue weighted by molar-refractivity contribution is 14.1. The Balaban J connectivity index is 2.98. The van der Waals surface area contributed by atoms with Crippen LogP contribution in [0, 0.1) is 3.57 Å². The molecule has 5 heteroatoms. The van der Waals surface area contributed by atoms with E-state index in [1.54, 1.807) is 7.11 Å². The van der Waals surface area contributed by atoms with E-state index in [0.29, 0.717) is 12.3 Å². The second-order valence-corrected chi connectivity index (χ2v) is 5.33. The van der Waals surface area contributed by atoms with Gasteiger partial charge < -0.3 is 14.8 Å². The van der Waals surface area contributed by atoms with Crippen molar-refractivity contribution >= 4 is 28.5 Å². The number of rotatable bonds is 5. The smallest absolute Gasteiger partial charge is 0.217 e. The Bertz CT molecular complexity index is 432. The number of halogens is 1. The molecule has 0 fully saturated rings. The number of methoxy groups -OCH3 is 1. The molecular formula is C13H18INO3. The Hall–Kier alpha value is -0.980. The van der Waals surface area contributed by atoms with Crippen molar-refractivity contribution in [1.82, 2.24) is 5.32 Å². The molecule has 1 aromatic rings. The minimum absolute atomic E-state index is 0.0488. The molecule has 0 aromatic heterocycles. The van der Waals surface area contributed by atoms with Crippen LogP contribution in [0.5, 0.6) is 11.5 Å². The molecule has 0 heterocycles. The summed E-state index contributed by atoms with van der Waals surface area (Å²) < 4.78 is 12.0. The maximum absolute atomic E-state index is 10.9. The molecule has 0 atom stereocenters. The first-order valence-corrected chi connectivity index (χ1v) is 6.79. The van der Waals surface area contributed by atoms with Gasteiger partial charge in [-0.05, 0) is 54.1 Å². The van der Waals surface area contributed by atoms with Crippen molar-refractivity contribution in [2.45, 2.75) is 33.4 Å². The van der Waals surface area contributed by atoms with E-state index in [2.05, 4.69) is 27.9 Å². The van der Waals surface area contributed by atoms with Gasteiger partial charge in [0.05, 0.1) is 13.2 Å². The van der Waals surface area contributed by atoms with Crippen LogP contribution in [0.3, 0.4) is 0 Å². The van der Waals surface area contributed by atoms with Gasteiger partial charge in [-0.15, -0.1) is 0 Å². The van der Waals surface area contributed by atoms with Gasteiger partial charge in [0.15, 0.2) is 11.5 Å². The molecule has 18 heavy (non-hydrogen) atoms. The van der Waals surface area contributed by atoms with Crippen molar-refractivity contribution in [2.24, 2.45) is 0 Å². The van der Waals surface area contributed by atoms with Gasteiger partial charge in [0.2, 0.25) is 5.91 Å². The molecule has 0 bridgehead atoms. The van der Waals surface area contributed by atoms with Crippen molar-refractivity contribution in [3.63, 3.8) is 0 Å². The van der Waals surface area contributed by atoms with Gasteiger partial charge >= 0.3 is 0 Å². The lowest BCUT2D eigenvalue weighted by Gasteiger charge is -2.16. The Morgan fingerprint density at radius 3 is 2.56 bits per heavy atom. The highest BCUT2D eigenvalue weighted by Crippen LogP contribution is 2.32. The monoisotopic (exact) mass is 363 g/mol. The minimum Gasteiger partial charge on any atom is -0.493 e. The predicted octanol–water partition coefficient (Wildman–Crippen LogP) is 2.72. The normalized spacial score (nSPS) is 10.3. The van der Waals surface area contributed by atoms with Crippen molar-refractivity contribution < 1.29 is 14.3 Å². The van der Waals surface area contributed by atoms with E-state index in [1.807, 2.05) is 26.0 Å². The third-order valence-electron chi connectivity index (χ3n) is 2.22. The highest BCUT2D eigenvalue weighted by Gasteiger charge is 2.11. The van der Waals surface area contributed by atoms with Crippen LogP contribution in [-0.4, -0.2) is 19.1 Å². The summed E-state index contributed by atoms with van der Waals surface area (Å²) in [5.74, 6) is 1.36. The SMILES string of the molecule is COc1cc(CNC(C)=O)c(I)cc1OC(C)C. The van der Waals surface area contributed by atoms with Gasteiger partial charge in [-0.3, -0.25) is 4.79 Å². The van der Waals surface area contributed by atoms with E-state index in [9.17, 15) is 4.79 Å². The molecule has 0 unspecified atom stereocenters. The second-order valence-electron chi connectivity index (χ2n) is 4.17. The first-order valence-electron chi connectivity index (χ1n) is 5.71. The van der Waals surface area contributed by atoms with Crippen molar-refractivity contribution in [3.05, 3.63) is 21.3 Å². The zero-order valence-electron chi connectivity index (χ0n) is 11.0. The molecule has 1 rings (SSSR count). The van der Waals surface area contributed by atoms with Crippen molar-refractivity contribution in [2.75, 3.05) is 7.11 Å². The summed E-state index contributed by atoms with van der Waals surface area (Å²) in [6, 6.07) is 3.83. The first-order chi connectivity index (χ1) is 8.43. The summed E-state index contributed by atoms with van der Waals surface area (Å²) in [5.41, 5.74) is 1.01. The fourth-order valence-electron chi connectivity index (χ4n) is 1.44. The van der Waals surface area contributed by atoms with Crippen molar-refractivity contribution in [1.29, 1.82) is 0 Å². The Kier molecular flexibility index (Phi) is 5.71. The number of carbonyl (C=O) groups is 1. The number of benzene rings is 1. The van der Waals surface area contributed by atoms with E-state index in [-0.39, 0.29) is 12.0 Å². The third-order valence-corrected chi connectivity index (χ3v) is 3.23. The number of hydrogen-bond acceptors (Lipinski definition) is 3. The maximum atomic E-state index is 10.9. The molecule has 0 aliphatic heterocycles. The van der Waals surface area contributed by atoms with Gasteiger partial charge in [0.1, 0.15) is 0 Å². The topological polar surface area (TPSA) is 47.6 Å². The number of ether oxygens (including phenoxy) is 2. The van der Waals surface area contributed by atoms with Crippen molar-refractivity contribution in [3.8, 4) is 11.5 Å². The van der Waals surface area contributed by atoms with Gasteiger partial charge in [0, 0.05) is 17.0 Å². The highest BCUT2D eigenvalue weighted by atomic mass is 127. The van der Waals surface area contributed by atoms with Crippen LogP contribution in [0.4, 0.5) is 0 Å².